The summed E-state index contributed by atoms with van der Waals surface area (Å²) in [6.07, 6.45) is -2.72. The van der Waals surface area contributed by atoms with Crippen molar-refractivity contribution in [2.45, 2.75) is 6.10 Å². The third-order valence-corrected chi connectivity index (χ3v) is 3.65. The van der Waals surface area contributed by atoms with Gasteiger partial charge in [-0.15, -0.1) is 0 Å². The van der Waals surface area contributed by atoms with E-state index in [1.807, 2.05) is 5.32 Å². The molecule has 0 heterocycles. The van der Waals surface area contributed by atoms with Crippen LogP contribution in [-0.2, 0) is 0 Å². The highest BCUT2D eigenvalue weighted by Gasteiger charge is 2.23. The average Bonchev–Trinajstić information content (AvgIpc) is 2.55. The lowest BCUT2D eigenvalue weighted by Gasteiger charge is -2.20. The van der Waals surface area contributed by atoms with E-state index in [1.54, 1.807) is 18.2 Å². The molecule has 2 aromatic rings. The van der Waals surface area contributed by atoms with E-state index in [1.165, 1.54) is 14.2 Å². The van der Waals surface area contributed by atoms with Crippen LogP contribution in [0.25, 0.3) is 0 Å². The molecule has 0 aliphatic heterocycles. The second-order valence-corrected chi connectivity index (χ2v) is 5.18. The van der Waals surface area contributed by atoms with Crippen LogP contribution < -0.4 is 14.8 Å². The van der Waals surface area contributed by atoms with Gasteiger partial charge in [-0.25, -0.2) is 9.18 Å². The Morgan fingerprint density at radius 3 is 2.54 bits per heavy atom. The highest BCUT2D eigenvalue weighted by molar-refractivity contribution is 6.31. The third-order valence-electron chi connectivity index (χ3n) is 3.36. The van der Waals surface area contributed by atoms with Gasteiger partial charge < -0.3 is 19.7 Å². The number of anilines is 1. The number of aliphatic hydroxyl groups is 1. The van der Waals surface area contributed by atoms with Crippen molar-refractivity contribution in [1.82, 2.24) is 0 Å². The molecular weight excluding hydrogens is 341 g/mol. The maximum absolute atomic E-state index is 13.6. The highest BCUT2D eigenvalue weighted by Crippen LogP contribution is 2.40. The molecule has 128 valence electrons. The van der Waals surface area contributed by atoms with E-state index >= 15 is 0 Å². The summed E-state index contributed by atoms with van der Waals surface area (Å²) in [6.45, 7) is 0. The molecule has 0 saturated carbocycles. The fourth-order valence-electron chi connectivity index (χ4n) is 2.31. The number of carbonyl (C=O) groups is 1. The Labute approximate surface area is 142 Å². The van der Waals surface area contributed by atoms with Gasteiger partial charge >= 0.3 is 6.09 Å². The molecule has 0 saturated heterocycles. The van der Waals surface area contributed by atoms with E-state index in [2.05, 4.69) is 0 Å². The minimum absolute atomic E-state index is 0.0790. The molecular formula is C16H15ClFNO5. The summed E-state index contributed by atoms with van der Waals surface area (Å²) >= 11 is 5.77. The largest absolute Gasteiger partial charge is 0.493 e. The van der Waals surface area contributed by atoms with Gasteiger partial charge in [0.25, 0.3) is 0 Å². The van der Waals surface area contributed by atoms with E-state index in [4.69, 9.17) is 26.2 Å². The summed E-state index contributed by atoms with van der Waals surface area (Å²) in [5.74, 6) is -0.154. The van der Waals surface area contributed by atoms with Crippen LogP contribution in [0.5, 0.6) is 11.5 Å². The number of rotatable bonds is 5. The number of nitrogens with one attached hydrogen (secondary N) is 1. The van der Waals surface area contributed by atoms with Gasteiger partial charge in [0.2, 0.25) is 0 Å². The Morgan fingerprint density at radius 2 is 1.96 bits per heavy atom. The van der Waals surface area contributed by atoms with Crippen LogP contribution in [0.3, 0.4) is 0 Å². The van der Waals surface area contributed by atoms with Gasteiger partial charge in [0.15, 0.2) is 11.5 Å². The van der Waals surface area contributed by atoms with Crippen LogP contribution in [0.4, 0.5) is 14.9 Å². The summed E-state index contributed by atoms with van der Waals surface area (Å²) < 4.78 is 24.1. The number of hydrogen-bond donors (Lipinski definition) is 3. The molecule has 0 aromatic heterocycles. The van der Waals surface area contributed by atoms with Gasteiger partial charge in [-0.2, -0.15) is 0 Å². The van der Waals surface area contributed by atoms with Gasteiger partial charge in [0.1, 0.15) is 11.9 Å². The predicted molar refractivity (Wildman–Crippen MR) is 86.7 cm³/mol. The van der Waals surface area contributed by atoms with Crippen molar-refractivity contribution in [2.24, 2.45) is 0 Å². The molecule has 24 heavy (non-hydrogen) atoms. The van der Waals surface area contributed by atoms with Crippen LogP contribution >= 0.6 is 11.6 Å². The first-order valence-corrected chi connectivity index (χ1v) is 7.14. The van der Waals surface area contributed by atoms with Crippen LogP contribution in [0.15, 0.2) is 30.3 Å². The van der Waals surface area contributed by atoms with Crippen LogP contribution in [-0.4, -0.2) is 30.5 Å². The first-order valence-electron chi connectivity index (χ1n) is 6.76. The number of ether oxygens (including phenoxy) is 2. The van der Waals surface area contributed by atoms with Crippen molar-refractivity contribution >= 4 is 23.4 Å². The molecule has 6 nitrogen and oxygen atoms in total. The first kappa shape index (κ1) is 17.8. The van der Waals surface area contributed by atoms with Crippen molar-refractivity contribution in [3.05, 3.63) is 52.3 Å². The van der Waals surface area contributed by atoms with Crippen molar-refractivity contribution in [1.29, 1.82) is 0 Å². The van der Waals surface area contributed by atoms with Crippen LogP contribution in [0.1, 0.15) is 17.2 Å². The van der Waals surface area contributed by atoms with Gasteiger partial charge in [0, 0.05) is 11.1 Å². The highest BCUT2D eigenvalue weighted by atomic mass is 35.5. The van der Waals surface area contributed by atoms with Crippen molar-refractivity contribution < 1.29 is 28.9 Å². The molecule has 0 aliphatic carbocycles. The second kappa shape index (κ2) is 7.37. The normalized spacial score (nSPS) is 11.7. The minimum Gasteiger partial charge on any atom is -0.493 e. The molecule has 0 radical (unpaired) electrons. The Hall–Kier alpha value is -2.51. The zero-order valence-corrected chi connectivity index (χ0v) is 13.6. The first-order chi connectivity index (χ1) is 11.4. The molecule has 2 rings (SSSR count). The molecule has 0 spiro atoms. The number of methoxy groups -OCH3 is 2. The number of amides is 1. The van der Waals surface area contributed by atoms with E-state index < -0.39 is 18.0 Å². The Kier molecular flexibility index (Phi) is 5.48. The van der Waals surface area contributed by atoms with E-state index in [-0.39, 0.29) is 22.0 Å². The Morgan fingerprint density at radius 1 is 1.25 bits per heavy atom. The van der Waals surface area contributed by atoms with Gasteiger partial charge in [-0.1, -0.05) is 23.7 Å². The zero-order chi connectivity index (χ0) is 17.9. The van der Waals surface area contributed by atoms with E-state index in [0.29, 0.717) is 11.3 Å². The lowest BCUT2D eigenvalue weighted by molar-refractivity contribution is 0.208. The van der Waals surface area contributed by atoms with Crippen molar-refractivity contribution in [3.8, 4) is 11.5 Å². The number of halogens is 2. The van der Waals surface area contributed by atoms with Gasteiger partial charge in [0.05, 0.1) is 24.9 Å². The summed E-state index contributed by atoms with van der Waals surface area (Å²) in [5, 5.41) is 21.4. The summed E-state index contributed by atoms with van der Waals surface area (Å²) in [4.78, 5) is 10.9. The summed E-state index contributed by atoms with van der Waals surface area (Å²) in [5.41, 5.74) is 0.269. The summed E-state index contributed by atoms with van der Waals surface area (Å²) in [7, 11) is 2.85. The molecule has 1 amide bonds. The molecule has 2 aromatic carbocycles. The van der Waals surface area contributed by atoms with E-state index in [0.717, 1.165) is 12.1 Å². The molecule has 1 unspecified atom stereocenters. The minimum atomic E-state index is -1.40. The number of hydrogen-bond acceptors (Lipinski definition) is 4. The SMILES string of the molecule is COc1cccc(C(O)c2cc(Cl)c(F)cc2NC(=O)O)c1OC. The van der Waals surface area contributed by atoms with Gasteiger partial charge in [-0.3, -0.25) is 5.32 Å². The quantitative estimate of drug-likeness (QED) is 0.761. The number of carboxylic acid groups (broad SMARTS) is 1. The molecule has 0 fully saturated rings. The van der Waals surface area contributed by atoms with Crippen LogP contribution in [0, 0.1) is 5.82 Å². The summed E-state index contributed by atoms with van der Waals surface area (Å²) in [6, 6.07) is 6.92. The third kappa shape index (κ3) is 3.52. The zero-order valence-electron chi connectivity index (χ0n) is 12.8. The average molecular weight is 356 g/mol. The predicted octanol–water partition coefficient (Wildman–Crippen LogP) is 3.67. The monoisotopic (exact) mass is 355 g/mol. The van der Waals surface area contributed by atoms with Crippen molar-refractivity contribution in [2.75, 3.05) is 19.5 Å². The van der Waals surface area contributed by atoms with E-state index in [9.17, 15) is 14.3 Å². The van der Waals surface area contributed by atoms with Gasteiger partial charge in [-0.05, 0) is 18.2 Å². The Bertz CT molecular complexity index is 768. The topological polar surface area (TPSA) is 88.0 Å². The number of benzene rings is 2. The molecule has 0 aliphatic rings. The standard InChI is InChI=1S/C16H15ClFNO5/c1-23-13-5-3-4-8(15(13)24-2)14(20)9-6-10(17)11(18)7-12(9)19-16(21)22/h3-7,14,19-20H,1-2H3,(H,21,22). The van der Waals surface area contributed by atoms with Crippen LogP contribution in [0.2, 0.25) is 5.02 Å². The molecule has 3 N–H and O–H groups in total. The maximum Gasteiger partial charge on any atom is 0.409 e. The van der Waals surface area contributed by atoms with Crippen molar-refractivity contribution in [3.63, 3.8) is 0 Å². The molecule has 1 atom stereocenters. The number of para-hydroxylation sites is 1. The fourth-order valence-corrected chi connectivity index (χ4v) is 2.48. The molecule has 8 heteroatoms. The lowest BCUT2D eigenvalue weighted by atomic mass is 9.98. The Balaban J connectivity index is 2.59. The smallest absolute Gasteiger partial charge is 0.409 e. The number of aliphatic hydroxyl groups excluding tert-OH is 1. The lowest BCUT2D eigenvalue weighted by Crippen LogP contribution is -2.13. The second-order valence-electron chi connectivity index (χ2n) is 4.77. The fraction of sp³-hybridized carbons (Fsp3) is 0.188. The maximum atomic E-state index is 13.6. The molecule has 0 bridgehead atoms.